The maximum absolute atomic E-state index is 4.13. The van der Waals surface area contributed by atoms with Crippen LogP contribution in [-0.4, -0.2) is 24.3 Å². The molecule has 0 N–H and O–H groups in total. The van der Waals surface area contributed by atoms with Gasteiger partial charge in [-0.05, 0) is 12.5 Å². The molecule has 0 spiro atoms. The van der Waals surface area contributed by atoms with Gasteiger partial charge in [-0.2, -0.15) is 0 Å². The summed E-state index contributed by atoms with van der Waals surface area (Å²) in [5.41, 5.74) is 0. The van der Waals surface area contributed by atoms with E-state index in [1.54, 1.807) is 0 Å². The normalized spacial score (nSPS) is 14.7. The van der Waals surface area contributed by atoms with Crippen LogP contribution in [0.2, 0.25) is 0 Å². The lowest BCUT2D eigenvalue weighted by molar-refractivity contribution is 0.440. The average Bonchev–Trinajstić information content (AvgIpc) is 2.34. The van der Waals surface area contributed by atoms with Crippen LogP contribution in [0.25, 0.3) is 0 Å². The molecular weight excluding hydrogens is 196 g/mol. The molecule has 92 valence electrons. The van der Waals surface area contributed by atoms with Crippen LogP contribution < -0.4 is 0 Å². The van der Waals surface area contributed by atoms with E-state index in [0.29, 0.717) is 0 Å². The van der Waals surface area contributed by atoms with Crippen molar-refractivity contribution in [2.45, 2.75) is 58.3 Å². The van der Waals surface area contributed by atoms with Crippen molar-refractivity contribution in [3.63, 3.8) is 0 Å². The molecule has 0 aliphatic carbocycles. The predicted molar refractivity (Wildman–Crippen MR) is 71.8 cm³/mol. The number of rotatable bonds is 9. The first-order valence-electron chi connectivity index (χ1n) is 6.86. The van der Waals surface area contributed by atoms with E-state index < -0.39 is 0 Å². The van der Waals surface area contributed by atoms with Crippen LogP contribution in [-0.2, 0) is 0 Å². The van der Waals surface area contributed by atoms with E-state index >= 15 is 0 Å². The third kappa shape index (κ3) is 6.65. The van der Waals surface area contributed by atoms with Crippen LogP contribution in [0, 0.1) is 0 Å². The SMILES string of the molecule is CCCCCCCCCCN1C=NC=CC1. The molecule has 1 rings (SSSR count). The number of hydrogen-bond donors (Lipinski definition) is 0. The maximum Gasteiger partial charge on any atom is 0.0907 e. The van der Waals surface area contributed by atoms with Crippen molar-refractivity contribution >= 4 is 6.34 Å². The van der Waals surface area contributed by atoms with Crippen LogP contribution in [0.4, 0.5) is 0 Å². The van der Waals surface area contributed by atoms with Gasteiger partial charge in [0.05, 0.1) is 6.34 Å². The molecule has 0 unspecified atom stereocenters. The van der Waals surface area contributed by atoms with Crippen molar-refractivity contribution in [2.75, 3.05) is 13.1 Å². The second-order valence-corrected chi connectivity index (χ2v) is 4.62. The Hall–Kier alpha value is -0.790. The molecule has 1 heterocycles. The zero-order chi connectivity index (χ0) is 11.5. The summed E-state index contributed by atoms with van der Waals surface area (Å²) >= 11 is 0. The summed E-state index contributed by atoms with van der Waals surface area (Å²) < 4.78 is 0. The number of aliphatic imine (C=N–C) groups is 1. The third-order valence-corrected chi connectivity index (χ3v) is 3.06. The molecule has 1 aliphatic heterocycles. The van der Waals surface area contributed by atoms with Crippen LogP contribution in [0.1, 0.15) is 58.3 Å². The summed E-state index contributed by atoms with van der Waals surface area (Å²) in [6.07, 6.45) is 17.1. The summed E-state index contributed by atoms with van der Waals surface area (Å²) in [7, 11) is 0. The van der Waals surface area contributed by atoms with Crippen molar-refractivity contribution < 1.29 is 0 Å². The minimum Gasteiger partial charge on any atom is -0.359 e. The third-order valence-electron chi connectivity index (χ3n) is 3.06. The molecule has 16 heavy (non-hydrogen) atoms. The van der Waals surface area contributed by atoms with Gasteiger partial charge in [0, 0.05) is 19.3 Å². The first-order chi connectivity index (χ1) is 7.93. The van der Waals surface area contributed by atoms with Crippen LogP contribution >= 0.6 is 0 Å². The van der Waals surface area contributed by atoms with Gasteiger partial charge in [0.1, 0.15) is 0 Å². The van der Waals surface area contributed by atoms with Crippen molar-refractivity contribution in [1.29, 1.82) is 0 Å². The molecule has 1 aliphatic rings. The standard InChI is InChI=1S/C14H26N2/c1-2-3-4-5-6-7-8-9-12-16-13-10-11-15-14-16/h10-11,14H,2-9,12-13H2,1H3. The van der Waals surface area contributed by atoms with Gasteiger partial charge in [-0.1, -0.05) is 51.9 Å². The largest absolute Gasteiger partial charge is 0.359 e. The van der Waals surface area contributed by atoms with Crippen molar-refractivity contribution in [3.8, 4) is 0 Å². The van der Waals surface area contributed by atoms with E-state index in [9.17, 15) is 0 Å². The van der Waals surface area contributed by atoms with Gasteiger partial charge in [0.2, 0.25) is 0 Å². The van der Waals surface area contributed by atoms with Gasteiger partial charge in [0.15, 0.2) is 0 Å². The Balaban J connectivity index is 1.81. The van der Waals surface area contributed by atoms with E-state index in [2.05, 4.69) is 22.9 Å². The van der Waals surface area contributed by atoms with Gasteiger partial charge in [-0.25, -0.2) is 4.99 Å². The summed E-state index contributed by atoms with van der Waals surface area (Å²) in [6, 6.07) is 0. The fourth-order valence-electron chi connectivity index (χ4n) is 2.02. The highest BCUT2D eigenvalue weighted by molar-refractivity contribution is 5.57. The molecular formula is C14H26N2. The van der Waals surface area contributed by atoms with Gasteiger partial charge in [-0.15, -0.1) is 0 Å². The first-order valence-corrected chi connectivity index (χ1v) is 6.86. The molecule has 0 saturated heterocycles. The van der Waals surface area contributed by atoms with E-state index in [4.69, 9.17) is 0 Å². The van der Waals surface area contributed by atoms with E-state index in [-0.39, 0.29) is 0 Å². The Bertz CT molecular complexity index is 209. The second-order valence-electron chi connectivity index (χ2n) is 4.62. The lowest BCUT2D eigenvalue weighted by Gasteiger charge is -2.18. The Kier molecular flexibility index (Phi) is 7.83. The Labute approximate surface area is 100 Å². The zero-order valence-corrected chi connectivity index (χ0v) is 10.7. The number of unbranched alkanes of at least 4 members (excludes halogenated alkanes) is 7. The minimum absolute atomic E-state index is 1.04. The predicted octanol–water partition coefficient (Wildman–Crippen LogP) is 3.98. The van der Waals surface area contributed by atoms with E-state index in [0.717, 1.165) is 6.54 Å². The molecule has 2 heteroatoms. The second kappa shape index (κ2) is 9.44. The topological polar surface area (TPSA) is 15.6 Å². The van der Waals surface area contributed by atoms with E-state index in [1.807, 2.05) is 12.5 Å². The van der Waals surface area contributed by atoms with Gasteiger partial charge in [-0.3, -0.25) is 0 Å². The Morgan fingerprint density at radius 1 is 1.00 bits per heavy atom. The van der Waals surface area contributed by atoms with Crippen molar-refractivity contribution in [2.24, 2.45) is 4.99 Å². The monoisotopic (exact) mass is 222 g/mol. The highest BCUT2D eigenvalue weighted by Crippen LogP contribution is 2.08. The van der Waals surface area contributed by atoms with Crippen LogP contribution in [0.5, 0.6) is 0 Å². The molecule has 0 amide bonds. The molecule has 0 bridgehead atoms. The highest BCUT2D eigenvalue weighted by atomic mass is 15.1. The Morgan fingerprint density at radius 2 is 1.69 bits per heavy atom. The fourth-order valence-corrected chi connectivity index (χ4v) is 2.02. The minimum atomic E-state index is 1.04. The summed E-state index contributed by atoms with van der Waals surface area (Å²) in [4.78, 5) is 6.42. The highest BCUT2D eigenvalue weighted by Gasteiger charge is 1.99. The quantitative estimate of drug-likeness (QED) is 0.539. The molecule has 0 saturated carbocycles. The van der Waals surface area contributed by atoms with Gasteiger partial charge < -0.3 is 4.90 Å². The smallest absolute Gasteiger partial charge is 0.0907 e. The van der Waals surface area contributed by atoms with E-state index in [1.165, 1.54) is 57.9 Å². The summed E-state index contributed by atoms with van der Waals surface area (Å²) in [6.45, 7) is 4.48. The molecule has 0 aromatic heterocycles. The lowest BCUT2D eigenvalue weighted by atomic mass is 10.1. The molecule has 0 atom stereocenters. The molecule has 0 aromatic rings. The van der Waals surface area contributed by atoms with Crippen LogP contribution in [0.3, 0.4) is 0 Å². The first kappa shape index (κ1) is 13.3. The van der Waals surface area contributed by atoms with Crippen molar-refractivity contribution in [3.05, 3.63) is 12.3 Å². The fraction of sp³-hybridized carbons (Fsp3) is 0.786. The molecule has 2 nitrogen and oxygen atoms in total. The summed E-state index contributed by atoms with van der Waals surface area (Å²) in [5, 5.41) is 0. The van der Waals surface area contributed by atoms with Crippen LogP contribution in [0.15, 0.2) is 17.3 Å². The number of nitrogens with zero attached hydrogens (tertiary/aromatic N) is 2. The Morgan fingerprint density at radius 3 is 2.31 bits per heavy atom. The van der Waals surface area contributed by atoms with Gasteiger partial charge in [0.25, 0.3) is 0 Å². The van der Waals surface area contributed by atoms with Crippen molar-refractivity contribution in [1.82, 2.24) is 4.90 Å². The zero-order valence-electron chi connectivity index (χ0n) is 10.7. The molecule has 0 fully saturated rings. The number of hydrogen-bond acceptors (Lipinski definition) is 2. The summed E-state index contributed by atoms with van der Waals surface area (Å²) in [5.74, 6) is 0. The van der Waals surface area contributed by atoms with Gasteiger partial charge >= 0.3 is 0 Å². The lowest BCUT2D eigenvalue weighted by Crippen LogP contribution is -2.24. The average molecular weight is 222 g/mol. The maximum atomic E-state index is 4.13. The molecule has 0 aromatic carbocycles. The molecule has 0 radical (unpaired) electrons.